The van der Waals surface area contributed by atoms with Gasteiger partial charge in [0.25, 0.3) is 0 Å². The Balaban J connectivity index is 2.47. The monoisotopic (exact) mass is 246 g/mol. The van der Waals surface area contributed by atoms with Gasteiger partial charge in [-0.2, -0.15) is 0 Å². The van der Waals surface area contributed by atoms with Gasteiger partial charge in [0.1, 0.15) is 0 Å². The molecule has 0 heterocycles. The van der Waals surface area contributed by atoms with Gasteiger partial charge >= 0.3 is 0 Å². The van der Waals surface area contributed by atoms with Crippen LogP contribution < -0.4 is 0 Å². The zero-order valence-electron chi connectivity index (χ0n) is 11.3. The lowest BCUT2D eigenvalue weighted by Crippen LogP contribution is -1.84. The maximum atomic E-state index is 3.86. The van der Waals surface area contributed by atoms with Crippen molar-refractivity contribution in [1.82, 2.24) is 0 Å². The number of hydrogen-bond donors (Lipinski definition) is 0. The summed E-state index contributed by atoms with van der Waals surface area (Å²) in [5.74, 6) is 0. The minimum Gasteiger partial charge on any atom is -0.0990 e. The van der Waals surface area contributed by atoms with E-state index in [0.29, 0.717) is 0 Å². The molecule has 0 saturated heterocycles. The third-order valence-corrected chi connectivity index (χ3v) is 3.06. The van der Waals surface area contributed by atoms with Gasteiger partial charge in [-0.05, 0) is 35.3 Å². The molecule has 0 bridgehead atoms. The zero-order chi connectivity index (χ0) is 13.7. The molecule has 0 spiro atoms. The van der Waals surface area contributed by atoms with Gasteiger partial charge in [0.05, 0.1) is 0 Å². The van der Waals surface area contributed by atoms with Crippen LogP contribution in [0.4, 0.5) is 0 Å². The van der Waals surface area contributed by atoms with Gasteiger partial charge in [-0.25, -0.2) is 0 Å². The Kier molecular flexibility index (Phi) is 4.15. The van der Waals surface area contributed by atoms with Crippen molar-refractivity contribution in [3.8, 4) is 11.1 Å². The summed E-state index contributed by atoms with van der Waals surface area (Å²) < 4.78 is 0. The Bertz CT molecular complexity index is 630. The van der Waals surface area contributed by atoms with E-state index in [9.17, 15) is 0 Å². The molecule has 2 aromatic carbocycles. The van der Waals surface area contributed by atoms with Crippen molar-refractivity contribution in [2.24, 2.45) is 0 Å². The van der Waals surface area contributed by atoms with Crippen molar-refractivity contribution in [2.75, 3.05) is 0 Å². The molecule has 2 aromatic rings. The first-order valence-electron chi connectivity index (χ1n) is 6.37. The molecular formula is C19H18. The van der Waals surface area contributed by atoms with Crippen molar-refractivity contribution in [2.45, 2.75) is 6.92 Å². The fraction of sp³-hybridized carbons (Fsp3) is 0.0526. The molecule has 0 fully saturated rings. The average molecular weight is 246 g/mol. The largest absolute Gasteiger partial charge is 0.0990 e. The summed E-state index contributed by atoms with van der Waals surface area (Å²) in [4.78, 5) is 0. The molecule has 94 valence electrons. The summed E-state index contributed by atoms with van der Waals surface area (Å²) in [6, 6.07) is 17.0. The number of hydrogen-bond acceptors (Lipinski definition) is 0. The number of benzene rings is 2. The van der Waals surface area contributed by atoms with Gasteiger partial charge in [-0.1, -0.05) is 79.4 Å². The highest BCUT2D eigenvalue weighted by molar-refractivity contribution is 5.78. The highest BCUT2D eigenvalue weighted by Crippen LogP contribution is 2.25. The van der Waals surface area contributed by atoms with Gasteiger partial charge in [-0.3, -0.25) is 0 Å². The molecule has 0 nitrogen and oxygen atoms in total. The normalized spacial score (nSPS) is 11.1. The summed E-state index contributed by atoms with van der Waals surface area (Å²) in [7, 11) is 0. The van der Waals surface area contributed by atoms with Gasteiger partial charge < -0.3 is 0 Å². The van der Waals surface area contributed by atoms with E-state index in [2.05, 4.69) is 68.6 Å². The van der Waals surface area contributed by atoms with Crippen LogP contribution in [0.15, 0.2) is 79.9 Å². The molecule has 0 unspecified atom stereocenters. The Labute approximate surface area is 115 Å². The molecule has 0 aliphatic rings. The number of allylic oxidation sites excluding steroid dienone is 4. The Morgan fingerprint density at radius 3 is 2.26 bits per heavy atom. The predicted octanol–water partition coefficient (Wildman–Crippen LogP) is 5.42. The molecule has 0 heteroatoms. The lowest BCUT2D eigenvalue weighted by molar-refractivity contribution is 1.46. The molecule has 0 aliphatic carbocycles. The molecule has 2 rings (SSSR count). The van der Waals surface area contributed by atoms with E-state index in [4.69, 9.17) is 0 Å². The first-order valence-corrected chi connectivity index (χ1v) is 6.37. The number of aryl methyl sites for hydroxylation is 1. The van der Waals surface area contributed by atoms with Crippen LogP contribution in [0.5, 0.6) is 0 Å². The fourth-order valence-corrected chi connectivity index (χ4v) is 2.11. The summed E-state index contributed by atoms with van der Waals surface area (Å²) in [5.41, 5.74) is 5.98. The first-order chi connectivity index (χ1) is 9.24. The Hall–Kier alpha value is -2.34. The van der Waals surface area contributed by atoms with E-state index in [1.54, 1.807) is 6.08 Å². The average Bonchev–Trinajstić information content (AvgIpc) is 2.45. The minimum absolute atomic E-state index is 1.09. The lowest BCUT2D eigenvalue weighted by Gasteiger charge is -2.07. The molecule has 0 amide bonds. The molecule has 0 radical (unpaired) electrons. The van der Waals surface area contributed by atoms with Crippen molar-refractivity contribution in [3.05, 3.63) is 91.0 Å². The summed E-state index contributed by atoms with van der Waals surface area (Å²) >= 11 is 0. The van der Waals surface area contributed by atoms with Crippen LogP contribution in [0.25, 0.3) is 16.7 Å². The molecular weight excluding hydrogens is 228 g/mol. The molecule has 0 N–H and O–H groups in total. The quantitative estimate of drug-likeness (QED) is 0.632. The van der Waals surface area contributed by atoms with E-state index in [1.807, 2.05) is 12.2 Å². The van der Waals surface area contributed by atoms with Gasteiger partial charge in [0.15, 0.2) is 0 Å². The van der Waals surface area contributed by atoms with Crippen molar-refractivity contribution >= 4 is 5.57 Å². The lowest BCUT2D eigenvalue weighted by atomic mass is 9.98. The topological polar surface area (TPSA) is 0 Å². The SMILES string of the molecule is C=C/C=C(\C=C)c1cccc(-c2cccc(C)c2)c1. The van der Waals surface area contributed by atoms with Crippen LogP contribution in [0.3, 0.4) is 0 Å². The van der Waals surface area contributed by atoms with E-state index in [-0.39, 0.29) is 0 Å². The van der Waals surface area contributed by atoms with Gasteiger partial charge in [-0.15, -0.1) is 0 Å². The highest BCUT2D eigenvalue weighted by atomic mass is 14.1. The third kappa shape index (κ3) is 3.11. The molecule has 0 aromatic heterocycles. The third-order valence-electron chi connectivity index (χ3n) is 3.06. The fourth-order valence-electron chi connectivity index (χ4n) is 2.11. The van der Waals surface area contributed by atoms with Crippen molar-refractivity contribution in [1.29, 1.82) is 0 Å². The maximum absolute atomic E-state index is 3.86. The van der Waals surface area contributed by atoms with Crippen molar-refractivity contribution < 1.29 is 0 Å². The Morgan fingerprint density at radius 2 is 1.63 bits per heavy atom. The van der Waals surface area contributed by atoms with Crippen LogP contribution in [-0.4, -0.2) is 0 Å². The van der Waals surface area contributed by atoms with E-state index < -0.39 is 0 Å². The highest BCUT2D eigenvalue weighted by Gasteiger charge is 2.01. The smallest absolute Gasteiger partial charge is 0.0178 e. The molecule has 0 saturated carbocycles. The minimum atomic E-state index is 1.09. The van der Waals surface area contributed by atoms with E-state index in [0.717, 1.165) is 11.1 Å². The second kappa shape index (κ2) is 6.01. The summed E-state index contributed by atoms with van der Waals surface area (Å²) in [6.07, 6.45) is 5.62. The summed E-state index contributed by atoms with van der Waals surface area (Å²) in [6.45, 7) is 9.71. The van der Waals surface area contributed by atoms with Crippen LogP contribution in [0, 0.1) is 6.92 Å². The second-order valence-corrected chi connectivity index (χ2v) is 4.51. The van der Waals surface area contributed by atoms with E-state index in [1.165, 1.54) is 16.7 Å². The molecule has 0 aliphatic heterocycles. The first kappa shape index (κ1) is 13.1. The van der Waals surface area contributed by atoms with E-state index >= 15 is 0 Å². The van der Waals surface area contributed by atoms with Crippen LogP contribution in [-0.2, 0) is 0 Å². The zero-order valence-corrected chi connectivity index (χ0v) is 11.3. The van der Waals surface area contributed by atoms with Gasteiger partial charge in [0.2, 0.25) is 0 Å². The number of rotatable bonds is 4. The molecule has 19 heavy (non-hydrogen) atoms. The van der Waals surface area contributed by atoms with Crippen LogP contribution >= 0.6 is 0 Å². The molecule has 0 atom stereocenters. The van der Waals surface area contributed by atoms with Gasteiger partial charge in [0, 0.05) is 0 Å². The predicted molar refractivity (Wildman–Crippen MR) is 85.0 cm³/mol. The standard InChI is InChI=1S/C19H18/c1-4-8-16(5-2)18-11-7-12-19(14-18)17-10-6-9-15(3)13-17/h4-14H,1-2H2,3H3/b16-8+. The van der Waals surface area contributed by atoms with Crippen molar-refractivity contribution in [3.63, 3.8) is 0 Å². The summed E-state index contributed by atoms with van der Waals surface area (Å²) in [5, 5.41) is 0. The second-order valence-electron chi connectivity index (χ2n) is 4.51. The maximum Gasteiger partial charge on any atom is -0.0178 e. The van der Waals surface area contributed by atoms with Crippen LogP contribution in [0.2, 0.25) is 0 Å². The van der Waals surface area contributed by atoms with Crippen LogP contribution in [0.1, 0.15) is 11.1 Å². The Morgan fingerprint density at radius 1 is 0.947 bits per heavy atom.